The lowest BCUT2D eigenvalue weighted by Gasteiger charge is -2.34. The molecule has 1 heterocycles. The Bertz CT molecular complexity index is 563. The Morgan fingerprint density at radius 3 is 2.83 bits per heavy atom. The summed E-state index contributed by atoms with van der Waals surface area (Å²) < 4.78 is 11.1. The Labute approximate surface area is 142 Å². The van der Waals surface area contributed by atoms with Crippen molar-refractivity contribution >= 4 is 17.7 Å². The fraction of sp³-hybridized carbons (Fsp3) is 0.611. The number of hydrogen-bond acceptors (Lipinski definition) is 4. The first kappa shape index (κ1) is 16.5. The van der Waals surface area contributed by atoms with Gasteiger partial charge in [-0.15, -0.1) is 11.8 Å². The molecule has 1 aliphatic carbocycles. The first-order chi connectivity index (χ1) is 11.1. The molecule has 1 aromatic carbocycles. The van der Waals surface area contributed by atoms with Crippen molar-refractivity contribution < 1.29 is 14.3 Å². The Morgan fingerprint density at radius 1 is 1.22 bits per heavy atom. The van der Waals surface area contributed by atoms with Crippen LogP contribution in [0, 0.1) is 11.8 Å². The molecule has 1 fully saturated rings. The van der Waals surface area contributed by atoms with E-state index in [2.05, 4.69) is 19.2 Å². The molecule has 1 saturated carbocycles. The standard InChI is InChI=1S/C18H25NO3S/c1-12-4-3-5-15(13(12)2)19-18(20)11-23-14-6-7-16-17(10-14)22-9-8-21-16/h6-7,10,12-13,15H,3-5,8-9,11H2,1-2H3,(H,19,20)/t12-,13+,15+/m0/s1. The molecule has 0 unspecified atom stereocenters. The largest absolute Gasteiger partial charge is 0.486 e. The van der Waals surface area contributed by atoms with Gasteiger partial charge >= 0.3 is 0 Å². The number of hydrogen-bond donors (Lipinski definition) is 1. The number of carbonyl (C=O) groups excluding carboxylic acids is 1. The second-order valence-electron chi connectivity index (χ2n) is 6.54. The first-order valence-corrected chi connectivity index (χ1v) is 9.44. The summed E-state index contributed by atoms with van der Waals surface area (Å²) in [6.07, 6.45) is 3.59. The minimum Gasteiger partial charge on any atom is -0.486 e. The van der Waals surface area contributed by atoms with Gasteiger partial charge in [0.05, 0.1) is 5.75 Å². The molecule has 2 aliphatic rings. The van der Waals surface area contributed by atoms with Crippen LogP contribution in [0.2, 0.25) is 0 Å². The fourth-order valence-corrected chi connectivity index (χ4v) is 4.03. The maximum absolute atomic E-state index is 12.2. The molecule has 1 N–H and O–H groups in total. The van der Waals surface area contributed by atoms with Crippen LogP contribution < -0.4 is 14.8 Å². The van der Waals surface area contributed by atoms with Crippen molar-refractivity contribution in [1.29, 1.82) is 0 Å². The van der Waals surface area contributed by atoms with Gasteiger partial charge in [-0.05, 0) is 36.5 Å². The zero-order valence-electron chi connectivity index (χ0n) is 13.8. The Kier molecular flexibility index (Phi) is 5.36. The molecule has 5 heteroatoms. The summed E-state index contributed by atoms with van der Waals surface area (Å²) in [5, 5.41) is 3.22. The average molecular weight is 335 g/mol. The summed E-state index contributed by atoms with van der Waals surface area (Å²) in [5.74, 6) is 3.38. The number of rotatable bonds is 4. The van der Waals surface area contributed by atoms with E-state index in [0.717, 1.165) is 22.8 Å². The van der Waals surface area contributed by atoms with Crippen LogP contribution in [0.15, 0.2) is 23.1 Å². The van der Waals surface area contributed by atoms with Gasteiger partial charge in [-0.25, -0.2) is 0 Å². The highest BCUT2D eigenvalue weighted by Crippen LogP contribution is 2.34. The van der Waals surface area contributed by atoms with Gasteiger partial charge in [-0.3, -0.25) is 4.79 Å². The van der Waals surface area contributed by atoms with Crippen molar-refractivity contribution in [2.24, 2.45) is 11.8 Å². The minimum atomic E-state index is 0.121. The monoisotopic (exact) mass is 335 g/mol. The molecule has 23 heavy (non-hydrogen) atoms. The van der Waals surface area contributed by atoms with E-state index < -0.39 is 0 Å². The molecular weight excluding hydrogens is 310 g/mol. The number of amides is 1. The smallest absolute Gasteiger partial charge is 0.230 e. The fourth-order valence-electron chi connectivity index (χ4n) is 3.30. The highest BCUT2D eigenvalue weighted by molar-refractivity contribution is 8.00. The number of fused-ring (bicyclic) bond motifs is 1. The maximum atomic E-state index is 12.2. The van der Waals surface area contributed by atoms with Crippen LogP contribution in [0.5, 0.6) is 11.5 Å². The zero-order valence-corrected chi connectivity index (χ0v) is 14.7. The number of carbonyl (C=O) groups is 1. The third-order valence-electron chi connectivity index (χ3n) is 4.94. The quantitative estimate of drug-likeness (QED) is 0.856. The molecule has 0 radical (unpaired) electrons. The van der Waals surface area contributed by atoms with E-state index >= 15 is 0 Å². The lowest BCUT2D eigenvalue weighted by atomic mass is 9.78. The molecule has 1 aromatic rings. The van der Waals surface area contributed by atoms with Crippen molar-refractivity contribution in [3.63, 3.8) is 0 Å². The van der Waals surface area contributed by atoms with Gasteiger partial charge in [0, 0.05) is 10.9 Å². The van der Waals surface area contributed by atoms with Crippen LogP contribution in [-0.4, -0.2) is 30.9 Å². The Balaban J connectivity index is 1.51. The molecular formula is C18H25NO3S. The van der Waals surface area contributed by atoms with Gasteiger partial charge in [0.15, 0.2) is 11.5 Å². The van der Waals surface area contributed by atoms with E-state index in [1.807, 2.05) is 18.2 Å². The highest BCUT2D eigenvalue weighted by Gasteiger charge is 2.28. The topological polar surface area (TPSA) is 47.6 Å². The van der Waals surface area contributed by atoms with E-state index in [4.69, 9.17) is 9.47 Å². The van der Waals surface area contributed by atoms with Crippen molar-refractivity contribution in [3.05, 3.63) is 18.2 Å². The van der Waals surface area contributed by atoms with Crippen molar-refractivity contribution in [2.75, 3.05) is 19.0 Å². The van der Waals surface area contributed by atoms with Crippen LogP contribution >= 0.6 is 11.8 Å². The zero-order chi connectivity index (χ0) is 16.2. The van der Waals surface area contributed by atoms with Crippen molar-refractivity contribution in [1.82, 2.24) is 5.32 Å². The summed E-state index contributed by atoms with van der Waals surface area (Å²) >= 11 is 1.54. The first-order valence-electron chi connectivity index (χ1n) is 8.45. The lowest BCUT2D eigenvalue weighted by molar-refractivity contribution is -0.119. The summed E-state index contributed by atoms with van der Waals surface area (Å²) in [5.41, 5.74) is 0. The molecule has 0 spiro atoms. The SMILES string of the molecule is C[C@@H]1[C@@H](C)CCC[C@H]1NC(=O)CSc1ccc2c(c1)OCCO2. The molecule has 0 bridgehead atoms. The highest BCUT2D eigenvalue weighted by atomic mass is 32.2. The molecule has 3 rings (SSSR count). The third kappa shape index (κ3) is 4.14. The second kappa shape index (κ2) is 7.47. The van der Waals surface area contributed by atoms with Gasteiger partial charge in [0.2, 0.25) is 5.91 Å². The van der Waals surface area contributed by atoms with E-state index in [9.17, 15) is 4.79 Å². The molecule has 1 aliphatic heterocycles. The summed E-state index contributed by atoms with van der Waals surface area (Å²) in [7, 11) is 0. The number of thioether (sulfide) groups is 1. The molecule has 4 nitrogen and oxygen atoms in total. The Morgan fingerprint density at radius 2 is 2.00 bits per heavy atom. The van der Waals surface area contributed by atoms with Crippen LogP contribution in [0.4, 0.5) is 0 Å². The number of ether oxygens (including phenoxy) is 2. The average Bonchev–Trinajstić information content (AvgIpc) is 2.57. The lowest BCUT2D eigenvalue weighted by Crippen LogP contribution is -2.44. The van der Waals surface area contributed by atoms with Crippen molar-refractivity contribution in [3.8, 4) is 11.5 Å². The third-order valence-corrected chi connectivity index (χ3v) is 5.93. The van der Waals surface area contributed by atoms with Gasteiger partial charge in [0.1, 0.15) is 13.2 Å². The number of nitrogens with one attached hydrogen (secondary N) is 1. The number of benzene rings is 1. The Hall–Kier alpha value is -1.36. The van der Waals surface area contributed by atoms with E-state index in [1.165, 1.54) is 12.8 Å². The summed E-state index contributed by atoms with van der Waals surface area (Å²) in [6.45, 7) is 5.72. The second-order valence-corrected chi connectivity index (χ2v) is 7.58. The van der Waals surface area contributed by atoms with Gasteiger partial charge in [-0.1, -0.05) is 26.7 Å². The molecule has 126 valence electrons. The van der Waals surface area contributed by atoms with Gasteiger partial charge < -0.3 is 14.8 Å². The van der Waals surface area contributed by atoms with E-state index in [1.54, 1.807) is 11.8 Å². The van der Waals surface area contributed by atoms with Crippen molar-refractivity contribution in [2.45, 2.75) is 44.0 Å². The summed E-state index contributed by atoms with van der Waals surface area (Å²) in [6, 6.07) is 6.18. The minimum absolute atomic E-state index is 0.121. The van der Waals surface area contributed by atoms with E-state index in [0.29, 0.717) is 36.8 Å². The van der Waals surface area contributed by atoms with Crippen LogP contribution in [0.1, 0.15) is 33.1 Å². The molecule has 0 aromatic heterocycles. The normalized spacial score (nSPS) is 26.6. The predicted molar refractivity (Wildman–Crippen MR) is 92.3 cm³/mol. The van der Waals surface area contributed by atoms with Gasteiger partial charge in [0.25, 0.3) is 0 Å². The molecule has 0 saturated heterocycles. The van der Waals surface area contributed by atoms with Crippen LogP contribution in [-0.2, 0) is 4.79 Å². The molecule has 3 atom stereocenters. The van der Waals surface area contributed by atoms with Crippen LogP contribution in [0.3, 0.4) is 0 Å². The predicted octanol–water partition coefficient (Wildman–Crippen LogP) is 3.49. The summed E-state index contributed by atoms with van der Waals surface area (Å²) in [4.78, 5) is 13.3. The van der Waals surface area contributed by atoms with Crippen LogP contribution in [0.25, 0.3) is 0 Å². The molecule has 1 amide bonds. The van der Waals surface area contributed by atoms with Gasteiger partial charge in [-0.2, -0.15) is 0 Å². The maximum Gasteiger partial charge on any atom is 0.230 e. The van der Waals surface area contributed by atoms with E-state index in [-0.39, 0.29) is 5.91 Å².